The van der Waals surface area contributed by atoms with E-state index in [0.29, 0.717) is 11.0 Å². The van der Waals surface area contributed by atoms with Gasteiger partial charge in [-0.05, 0) is 13.0 Å². The number of H-pyrrole nitrogens is 1. The van der Waals surface area contributed by atoms with Gasteiger partial charge in [-0.3, -0.25) is 0 Å². The molecule has 3 rings (SSSR count). The lowest BCUT2D eigenvalue weighted by Crippen LogP contribution is -1.94. The molecule has 2 heterocycles. The van der Waals surface area contributed by atoms with Gasteiger partial charge in [0.05, 0.1) is 5.69 Å². The molecule has 0 aliphatic heterocycles. The normalized spacial score (nSPS) is 10.8. The van der Waals surface area contributed by atoms with Crippen molar-refractivity contribution in [1.29, 1.82) is 0 Å². The van der Waals surface area contributed by atoms with Crippen LogP contribution in [0.5, 0.6) is 0 Å². The van der Waals surface area contributed by atoms with Crippen molar-refractivity contribution >= 4 is 17.0 Å². The van der Waals surface area contributed by atoms with Gasteiger partial charge in [0.1, 0.15) is 17.7 Å². The van der Waals surface area contributed by atoms with E-state index in [1.165, 1.54) is 6.33 Å². The molecule has 2 aromatic heterocycles. The summed E-state index contributed by atoms with van der Waals surface area (Å²) in [5, 5.41) is 9.72. The Kier molecular flexibility index (Phi) is 2.52. The molecule has 0 bridgehead atoms. The average Bonchev–Trinajstić information content (AvgIpc) is 2.83. The zero-order valence-corrected chi connectivity index (χ0v) is 10.2. The van der Waals surface area contributed by atoms with Crippen LogP contribution in [-0.4, -0.2) is 26.0 Å². The van der Waals surface area contributed by atoms with Crippen LogP contribution in [0.4, 0.5) is 0 Å². The predicted molar refractivity (Wildman–Crippen MR) is 71.0 cm³/mol. The van der Waals surface area contributed by atoms with E-state index in [4.69, 9.17) is 5.11 Å². The second-order valence-electron chi connectivity index (χ2n) is 4.34. The number of aryl methyl sites for hydroxylation is 1. The molecule has 0 radical (unpaired) electrons. The molecule has 0 amide bonds. The molecule has 0 unspecified atom stereocenters. The number of nitrogens with zero attached hydrogens (tertiary/aromatic N) is 2. The van der Waals surface area contributed by atoms with Crippen LogP contribution in [0.2, 0.25) is 0 Å². The first-order valence-electron chi connectivity index (χ1n) is 5.79. The first kappa shape index (κ1) is 11.4. The third kappa shape index (κ3) is 1.95. The van der Waals surface area contributed by atoms with Crippen molar-refractivity contribution in [2.45, 2.75) is 6.92 Å². The molecule has 2 N–H and O–H groups in total. The molecule has 0 atom stereocenters. The van der Waals surface area contributed by atoms with Gasteiger partial charge in [-0.2, -0.15) is 0 Å². The molecule has 94 valence electrons. The summed E-state index contributed by atoms with van der Waals surface area (Å²) in [6.45, 7) is 2.01. The van der Waals surface area contributed by atoms with Crippen LogP contribution in [0, 0.1) is 6.92 Å². The molecule has 5 nitrogen and oxygen atoms in total. The molecule has 0 saturated heterocycles. The number of nitrogens with one attached hydrogen (secondary N) is 1. The zero-order chi connectivity index (χ0) is 13.4. The average molecular weight is 253 g/mol. The number of aromatic carboxylic acids is 1. The van der Waals surface area contributed by atoms with Gasteiger partial charge in [-0.15, -0.1) is 0 Å². The van der Waals surface area contributed by atoms with Crippen LogP contribution >= 0.6 is 0 Å². The Labute approximate surface area is 109 Å². The van der Waals surface area contributed by atoms with E-state index in [-0.39, 0.29) is 5.69 Å². The number of carboxylic acids is 1. The fourth-order valence-electron chi connectivity index (χ4n) is 2.00. The number of hydrogen-bond acceptors (Lipinski definition) is 3. The number of carbonyl (C=O) groups is 1. The molecular weight excluding hydrogens is 242 g/mol. The van der Waals surface area contributed by atoms with Crippen LogP contribution in [0.15, 0.2) is 36.7 Å². The summed E-state index contributed by atoms with van der Waals surface area (Å²) in [6, 6.07) is 9.48. The van der Waals surface area contributed by atoms with E-state index >= 15 is 0 Å². The number of fused-ring (bicyclic) bond motifs is 1. The van der Waals surface area contributed by atoms with Gasteiger partial charge < -0.3 is 10.1 Å². The van der Waals surface area contributed by atoms with Crippen molar-refractivity contribution in [2.75, 3.05) is 0 Å². The maximum atomic E-state index is 11.0. The number of rotatable bonds is 2. The molecule has 0 spiro atoms. The molecule has 5 heteroatoms. The van der Waals surface area contributed by atoms with Gasteiger partial charge in [0.25, 0.3) is 0 Å². The lowest BCUT2D eigenvalue weighted by atomic mass is 10.1. The smallest absolute Gasteiger partial charge is 0.352 e. The Hall–Kier alpha value is -2.69. The van der Waals surface area contributed by atoms with Crippen molar-refractivity contribution in [1.82, 2.24) is 15.0 Å². The Bertz CT molecular complexity index is 760. The summed E-state index contributed by atoms with van der Waals surface area (Å²) in [5.74, 6) is -1.01. The molecule has 1 aromatic carbocycles. The second kappa shape index (κ2) is 4.20. The van der Waals surface area contributed by atoms with Crippen molar-refractivity contribution < 1.29 is 9.90 Å². The fraction of sp³-hybridized carbons (Fsp3) is 0.0714. The SMILES string of the molecule is Cc1ccc(-c2ncnc3[nH]c(C(=O)O)cc23)cc1. The summed E-state index contributed by atoms with van der Waals surface area (Å²) in [7, 11) is 0. The quantitative estimate of drug-likeness (QED) is 0.735. The van der Waals surface area contributed by atoms with Crippen LogP contribution in [0.1, 0.15) is 16.1 Å². The van der Waals surface area contributed by atoms with Gasteiger partial charge in [-0.25, -0.2) is 14.8 Å². The summed E-state index contributed by atoms with van der Waals surface area (Å²) in [4.78, 5) is 22.1. The summed E-state index contributed by atoms with van der Waals surface area (Å²) < 4.78 is 0. The summed E-state index contributed by atoms with van der Waals surface area (Å²) in [5.41, 5.74) is 3.48. The van der Waals surface area contributed by atoms with E-state index in [1.54, 1.807) is 6.07 Å². The summed E-state index contributed by atoms with van der Waals surface area (Å²) >= 11 is 0. The van der Waals surface area contributed by atoms with Gasteiger partial charge in [0.15, 0.2) is 0 Å². The van der Waals surface area contributed by atoms with Crippen molar-refractivity contribution in [3.63, 3.8) is 0 Å². The highest BCUT2D eigenvalue weighted by molar-refractivity contribution is 5.97. The minimum Gasteiger partial charge on any atom is -0.477 e. The third-order valence-electron chi connectivity index (χ3n) is 2.98. The number of carboxylic acid groups (broad SMARTS) is 1. The maximum absolute atomic E-state index is 11.0. The van der Waals surface area contributed by atoms with E-state index < -0.39 is 5.97 Å². The standard InChI is InChI=1S/C14H11N3O2/c1-8-2-4-9(5-3-8)12-10-6-11(14(18)19)17-13(10)16-7-15-12/h2-7H,1H3,(H,18,19)(H,15,16,17). The lowest BCUT2D eigenvalue weighted by Gasteiger charge is -2.02. The number of aromatic nitrogens is 3. The van der Waals surface area contributed by atoms with Gasteiger partial charge >= 0.3 is 5.97 Å². The highest BCUT2D eigenvalue weighted by atomic mass is 16.4. The lowest BCUT2D eigenvalue weighted by molar-refractivity contribution is 0.0691. The minimum atomic E-state index is -1.01. The fourth-order valence-corrected chi connectivity index (χ4v) is 2.00. The third-order valence-corrected chi connectivity index (χ3v) is 2.98. The minimum absolute atomic E-state index is 0.115. The molecule has 0 saturated carbocycles. The van der Waals surface area contributed by atoms with Crippen molar-refractivity contribution in [3.05, 3.63) is 47.9 Å². The molecule has 0 aliphatic carbocycles. The Morgan fingerprint density at radius 1 is 1.21 bits per heavy atom. The zero-order valence-electron chi connectivity index (χ0n) is 10.2. The second-order valence-corrected chi connectivity index (χ2v) is 4.34. The first-order chi connectivity index (χ1) is 9.15. The Morgan fingerprint density at radius 3 is 2.63 bits per heavy atom. The topological polar surface area (TPSA) is 78.9 Å². The summed E-state index contributed by atoms with van der Waals surface area (Å²) in [6.07, 6.45) is 1.43. The molecule has 0 aliphatic rings. The van der Waals surface area contributed by atoms with Crippen LogP contribution in [0.25, 0.3) is 22.3 Å². The highest BCUT2D eigenvalue weighted by Crippen LogP contribution is 2.26. The first-order valence-corrected chi connectivity index (χ1v) is 5.79. The molecular formula is C14H11N3O2. The maximum Gasteiger partial charge on any atom is 0.352 e. The Morgan fingerprint density at radius 2 is 1.95 bits per heavy atom. The van der Waals surface area contributed by atoms with Crippen LogP contribution in [-0.2, 0) is 0 Å². The highest BCUT2D eigenvalue weighted by Gasteiger charge is 2.12. The molecule has 3 aromatic rings. The van der Waals surface area contributed by atoms with Gasteiger partial charge in [0.2, 0.25) is 0 Å². The van der Waals surface area contributed by atoms with E-state index in [1.807, 2.05) is 31.2 Å². The predicted octanol–water partition coefficient (Wildman–Crippen LogP) is 2.63. The van der Waals surface area contributed by atoms with Gasteiger partial charge in [0, 0.05) is 10.9 Å². The van der Waals surface area contributed by atoms with Crippen LogP contribution < -0.4 is 0 Å². The van der Waals surface area contributed by atoms with E-state index in [0.717, 1.165) is 16.8 Å². The molecule has 19 heavy (non-hydrogen) atoms. The molecule has 0 fully saturated rings. The van der Waals surface area contributed by atoms with Crippen molar-refractivity contribution in [2.24, 2.45) is 0 Å². The van der Waals surface area contributed by atoms with Gasteiger partial charge in [-0.1, -0.05) is 29.8 Å². The van der Waals surface area contributed by atoms with E-state index in [2.05, 4.69) is 15.0 Å². The monoisotopic (exact) mass is 253 g/mol. The number of aromatic amines is 1. The largest absolute Gasteiger partial charge is 0.477 e. The Balaban J connectivity index is 2.23. The number of benzene rings is 1. The van der Waals surface area contributed by atoms with Crippen molar-refractivity contribution in [3.8, 4) is 11.3 Å². The van der Waals surface area contributed by atoms with Crippen LogP contribution in [0.3, 0.4) is 0 Å². The van der Waals surface area contributed by atoms with E-state index in [9.17, 15) is 4.79 Å². The number of hydrogen-bond donors (Lipinski definition) is 2.